The Balaban J connectivity index is 3.24. The van der Waals surface area contributed by atoms with Crippen LogP contribution in [0.1, 0.15) is 39.5 Å². The van der Waals surface area contributed by atoms with Crippen LogP contribution in [0.5, 0.6) is 0 Å². The van der Waals surface area contributed by atoms with Gasteiger partial charge in [-0.1, -0.05) is 29.3 Å². The zero-order valence-corrected chi connectivity index (χ0v) is 10.2. The first-order valence-corrected chi connectivity index (χ1v) is 6.10. The lowest BCUT2D eigenvalue weighted by atomic mass is 10.2. The molecule has 0 aromatic heterocycles. The number of nitrogens with zero attached hydrogens (tertiary/aromatic N) is 1. The van der Waals surface area contributed by atoms with E-state index in [1.807, 2.05) is 0 Å². The minimum absolute atomic E-state index is 0.744. The molecule has 2 heteroatoms. The van der Waals surface area contributed by atoms with Crippen LogP contribution in [-0.4, -0.2) is 29.9 Å². The highest BCUT2D eigenvalue weighted by molar-refractivity contribution is 9.09. The second-order valence-electron chi connectivity index (χ2n) is 3.49. The van der Waals surface area contributed by atoms with Gasteiger partial charge in [0.2, 0.25) is 0 Å². The van der Waals surface area contributed by atoms with E-state index < -0.39 is 0 Å². The van der Waals surface area contributed by atoms with Crippen LogP contribution in [0.25, 0.3) is 0 Å². The lowest BCUT2D eigenvalue weighted by Gasteiger charge is -2.23. The molecule has 0 aromatic carbocycles. The molecule has 0 aliphatic heterocycles. The molecule has 0 saturated carbocycles. The summed E-state index contributed by atoms with van der Waals surface area (Å²) in [5.41, 5.74) is 0. The van der Waals surface area contributed by atoms with Crippen LogP contribution in [0, 0.1) is 0 Å². The first-order chi connectivity index (χ1) is 5.72. The van der Waals surface area contributed by atoms with Crippen LogP contribution < -0.4 is 0 Å². The summed E-state index contributed by atoms with van der Waals surface area (Å²) < 4.78 is 0. The van der Waals surface area contributed by atoms with Crippen molar-refractivity contribution in [3.63, 3.8) is 0 Å². The van der Waals surface area contributed by atoms with Crippen LogP contribution in [0.15, 0.2) is 0 Å². The predicted octanol–water partition coefficient (Wildman–Crippen LogP) is 3.28. The first-order valence-electron chi connectivity index (χ1n) is 4.98. The standard InChI is InChI=1S/C10H22BrN/c1-4-10(2)12(3)9-7-5-6-8-11/h10H,4-9H2,1-3H3. The molecule has 74 valence electrons. The maximum atomic E-state index is 3.45. The molecule has 1 unspecified atom stereocenters. The molecule has 0 fully saturated rings. The Morgan fingerprint density at radius 1 is 1.25 bits per heavy atom. The Morgan fingerprint density at radius 2 is 1.92 bits per heavy atom. The Kier molecular flexibility index (Phi) is 8.35. The van der Waals surface area contributed by atoms with Crippen LogP contribution in [0.2, 0.25) is 0 Å². The van der Waals surface area contributed by atoms with Gasteiger partial charge in [-0.3, -0.25) is 0 Å². The van der Waals surface area contributed by atoms with Crippen molar-refractivity contribution in [3.05, 3.63) is 0 Å². The largest absolute Gasteiger partial charge is 0.304 e. The van der Waals surface area contributed by atoms with Gasteiger partial charge in [-0.25, -0.2) is 0 Å². The Bertz CT molecular complexity index is 95.8. The van der Waals surface area contributed by atoms with Gasteiger partial charge in [0.15, 0.2) is 0 Å². The van der Waals surface area contributed by atoms with E-state index >= 15 is 0 Å². The summed E-state index contributed by atoms with van der Waals surface area (Å²) in [6.45, 7) is 5.80. The van der Waals surface area contributed by atoms with Crippen molar-refractivity contribution in [2.75, 3.05) is 18.9 Å². The third-order valence-electron chi connectivity index (χ3n) is 2.49. The number of hydrogen-bond donors (Lipinski definition) is 0. The summed E-state index contributed by atoms with van der Waals surface area (Å²) in [6, 6.07) is 0.744. The average molecular weight is 236 g/mol. The Hall–Kier alpha value is 0.440. The summed E-state index contributed by atoms with van der Waals surface area (Å²) in [5, 5.41) is 1.15. The lowest BCUT2D eigenvalue weighted by molar-refractivity contribution is 0.247. The average Bonchev–Trinajstić information content (AvgIpc) is 2.10. The van der Waals surface area contributed by atoms with Crippen molar-refractivity contribution in [2.45, 2.75) is 45.6 Å². The highest BCUT2D eigenvalue weighted by Gasteiger charge is 2.04. The molecule has 0 rings (SSSR count). The maximum absolute atomic E-state index is 3.45. The summed E-state index contributed by atoms with van der Waals surface area (Å²) in [7, 11) is 2.22. The molecule has 0 N–H and O–H groups in total. The molecular weight excluding hydrogens is 214 g/mol. The van der Waals surface area contributed by atoms with Gasteiger partial charge >= 0.3 is 0 Å². The fourth-order valence-electron chi connectivity index (χ4n) is 1.16. The minimum Gasteiger partial charge on any atom is -0.304 e. The fourth-order valence-corrected chi connectivity index (χ4v) is 1.56. The molecule has 0 spiro atoms. The quantitative estimate of drug-likeness (QED) is 0.484. The van der Waals surface area contributed by atoms with E-state index in [1.165, 1.54) is 32.2 Å². The number of unbranched alkanes of at least 4 members (excludes halogenated alkanes) is 2. The predicted molar refractivity (Wildman–Crippen MR) is 60.0 cm³/mol. The van der Waals surface area contributed by atoms with Gasteiger partial charge in [0.25, 0.3) is 0 Å². The van der Waals surface area contributed by atoms with Crippen LogP contribution in [0.3, 0.4) is 0 Å². The maximum Gasteiger partial charge on any atom is 0.00612 e. The normalized spacial score (nSPS) is 13.8. The number of halogens is 1. The van der Waals surface area contributed by atoms with Crippen LogP contribution >= 0.6 is 15.9 Å². The van der Waals surface area contributed by atoms with E-state index in [9.17, 15) is 0 Å². The zero-order valence-electron chi connectivity index (χ0n) is 8.65. The lowest BCUT2D eigenvalue weighted by Crippen LogP contribution is -2.29. The SMILES string of the molecule is CCC(C)N(C)CCCCCBr. The summed E-state index contributed by atoms with van der Waals surface area (Å²) >= 11 is 3.45. The number of alkyl halides is 1. The van der Waals surface area contributed by atoms with E-state index in [4.69, 9.17) is 0 Å². The van der Waals surface area contributed by atoms with Crippen LogP contribution in [-0.2, 0) is 0 Å². The van der Waals surface area contributed by atoms with Crippen LogP contribution in [0.4, 0.5) is 0 Å². The van der Waals surface area contributed by atoms with Gasteiger partial charge in [0, 0.05) is 11.4 Å². The third-order valence-corrected chi connectivity index (χ3v) is 3.05. The molecule has 0 aliphatic rings. The molecule has 1 atom stereocenters. The molecule has 0 bridgehead atoms. The Labute approximate surface area is 85.7 Å². The molecule has 0 amide bonds. The number of rotatable bonds is 7. The van der Waals surface area contributed by atoms with E-state index in [0.29, 0.717) is 0 Å². The molecule has 0 heterocycles. The van der Waals surface area contributed by atoms with E-state index in [1.54, 1.807) is 0 Å². The van der Waals surface area contributed by atoms with Gasteiger partial charge < -0.3 is 4.90 Å². The summed E-state index contributed by atoms with van der Waals surface area (Å²) in [4.78, 5) is 2.45. The molecule has 1 nitrogen and oxygen atoms in total. The fraction of sp³-hybridized carbons (Fsp3) is 1.00. The highest BCUT2D eigenvalue weighted by atomic mass is 79.9. The van der Waals surface area contributed by atoms with Gasteiger partial charge in [-0.2, -0.15) is 0 Å². The minimum atomic E-state index is 0.744. The van der Waals surface area contributed by atoms with Gasteiger partial charge in [0.05, 0.1) is 0 Å². The van der Waals surface area contributed by atoms with Crippen molar-refractivity contribution in [2.24, 2.45) is 0 Å². The second kappa shape index (κ2) is 8.06. The van der Waals surface area contributed by atoms with Crippen molar-refractivity contribution in [3.8, 4) is 0 Å². The van der Waals surface area contributed by atoms with E-state index in [-0.39, 0.29) is 0 Å². The van der Waals surface area contributed by atoms with Crippen molar-refractivity contribution >= 4 is 15.9 Å². The smallest absolute Gasteiger partial charge is 0.00612 e. The molecule has 0 radical (unpaired) electrons. The summed E-state index contributed by atoms with van der Waals surface area (Å²) in [5.74, 6) is 0. The van der Waals surface area contributed by atoms with Crippen molar-refractivity contribution < 1.29 is 0 Å². The molecule has 0 saturated heterocycles. The summed E-state index contributed by atoms with van der Waals surface area (Å²) in [6.07, 6.45) is 5.27. The van der Waals surface area contributed by atoms with Crippen molar-refractivity contribution in [1.82, 2.24) is 4.90 Å². The van der Waals surface area contributed by atoms with Gasteiger partial charge in [0.1, 0.15) is 0 Å². The third kappa shape index (κ3) is 6.01. The van der Waals surface area contributed by atoms with E-state index in [2.05, 4.69) is 41.7 Å². The molecule has 0 aromatic rings. The first kappa shape index (κ1) is 12.4. The zero-order chi connectivity index (χ0) is 9.40. The van der Waals surface area contributed by atoms with E-state index in [0.717, 1.165) is 11.4 Å². The van der Waals surface area contributed by atoms with Crippen molar-refractivity contribution in [1.29, 1.82) is 0 Å². The second-order valence-corrected chi connectivity index (χ2v) is 4.28. The van der Waals surface area contributed by atoms with Gasteiger partial charge in [-0.15, -0.1) is 0 Å². The monoisotopic (exact) mass is 235 g/mol. The van der Waals surface area contributed by atoms with Gasteiger partial charge in [-0.05, 0) is 39.8 Å². The highest BCUT2D eigenvalue weighted by Crippen LogP contribution is 2.04. The topological polar surface area (TPSA) is 3.24 Å². The molecule has 12 heavy (non-hydrogen) atoms. The Morgan fingerprint density at radius 3 is 2.42 bits per heavy atom. The number of hydrogen-bond acceptors (Lipinski definition) is 1. The molecular formula is C10H22BrN. The molecule has 0 aliphatic carbocycles.